The topological polar surface area (TPSA) is 86.2 Å². The summed E-state index contributed by atoms with van der Waals surface area (Å²) in [6, 6.07) is 7.70. The molecule has 0 saturated carbocycles. The summed E-state index contributed by atoms with van der Waals surface area (Å²) in [5, 5.41) is 4.24. The molecule has 2 heterocycles. The molecule has 0 aliphatic rings. The number of nitrogens with zero attached hydrogens (tertiary/aromatic N) is 5. The lowest BCUT2D eigenvalue weighted by molar-refractivity contribution is 0.534. The van der Waals surface area contributed by atoms with Crippen LogP contribution < -0.4 is 16.7 Å². The molecule has 0 bridgehead atoms. The van der Waals surface area contributed by atoms with Crippen molar-refractivity contribution in [2.75, 3.05) is 5.43 Å². The SMILES string of the molecule is CC(C)Cn1c(N/N=C\c2ccc(Br)cc2)nc2c1c(=O)n(C)c(=O)n2C. The van der Waals surface area contributed by atoms with Crippen molar-refractivity contribution < 1.29 is 0 Å². The molecule has 9 heteroatoms. The second kappa shape index (κ2) is 7.51. The van der Waals surface area contributed by atoms with Crippen LogP contribution in [0.1, 0.15) is 19.4 Å². The summed E-state index contributed by atoms with van der Waals surface area (Å²) in [4.78, 5) is 29.3. The lowest BCUT2D eigenvalue weighted by atomic mass is 10.2. The Bertz CT molecular complexity index is 1120. The monoisotopic (exact) mass is 432 g/mol. The number of imidazole rings is 1. The number of aromatic nitrogens is 4. The fraction of sp³-hybridized carbons (Fsp3) is 0.333. The lowest BCUT2D eigenvalue weighted by Crippen LogP contribution is -2.37. The molecule has 0 aliphatic heterocycles. The Morgan fingerprint density at radius 3 is 2.48 bits per heavy atom. The second-order valence-corrected chi connectivity index (χ2v) is 7.66. The molecule has 0 fully saturated rings. The molecule has 0 amide bonds. The molecular weight excluding hydrogens is 412 g/mol. The van der Waals surface area contributed by atoms with Crippen LogP contribution in [0, 0.1) is 5.92 Å². The number of halogens is 1. The summed E-state index contributed by atoms with van der Waals surface area (Å²) in [7, 11) is 3.07. The number of rotatable bonds is 5. The molecular formula is C18H21BrN6O2. The van der Waals surface area contributed by atoms with Gasteiger partial charge < -0.3 is 4.57 Å². The summed E-state index contributed by atoms with van der Waals surface area (Å²) in [6.45, 7) is 4.67. The van der Waals surface area contributed by atoms with Gasteiger partial charge in [0, 0.05) is 25.1 Å². The van der Waals surface area contributed by atoms with Crippen molar-refractivity contribution in [3.8, 4) is 0 Å². The highest BCUT2D eigenvalue weighted by atomic mass is 79.9. The van der Waals surface area contributed by atoms with Gasteiger partial charge in [-0.2, -0.15) is 10.1 Å². The molecule has 0 aliphatic carbocycles. The predicted octanol–water partition coefficient (Wildman–Crippen LogP) is 2.30. The second-order valence-electron chi connectivity index (χ2n) is 6.74. The maximum absolute atomic E-state index is 12.7. The maximum atomic E-state index is 12.7. The van der Waals surface area contributed by atoms with Crippen molar-refractivity contribution in [1.29, 1.82) is 0 Å². The van der Waals surface area contributed by atoms with Crippen LogP contribution in [0.25, 0.3) is 11.2 Å². The van der Waals surface area contributed by atoms with E-state index in [1.807, 2.05) is 38.1 Å². The molecule has 0 spiro atoms. The van der Waals surface area contributed by atoms with Crippen LogP contribution in [-0.2, 0) is 20.6 Å². The van der Waals surface area contributed by atoms with Crippen LogP contribution in [0.4, 0.5) is 5.95 Å². The van der Waals surface area contributed by atoms with Crippen LogP contribution in [0.2, 0.25) is 0 Å². The van der Waals surface area contributed by atoms with Crippen molar-refractivity contribution in [3.63, 3.8) is 0 Å². The largest absolute Gasteiger partial charge is 0.332 e. The van der Waals surface area contributed by atoms with E-state index in [9.17, 15) is 9.59 Å². The number of benzene rings is 1. The van der Waals surface area contributed by atoms with E-state index in [4.69, 9.17) is 0 Å². The van der Waals surface area contributed by atoms with Crippen LogP contribution in [0.15, 0.2) is 43.4 Å². The average Bonchev–Trinajstić information content (AvgIpc) is 2.98. The fourth-order valence-corrected chi connectivity index (χ4v) is 3.05. The highest BCUT2D eigenvalue weighted by Crippen LogP contribution is 2.17. The number of anilines is 1. The van der Waals surface area contributed by atoms with Crippen molar-refractivity contribution in [2.45, 2.75) is 20.4 Å². The van der Waals surface area contributed by atoms with Gasteiger partial charge in [0.2, 0.25) is 5.95 Å². The summed E-state index contributed by atoms with van der Waals surface area (Å²) in [5.41, 5.74) is 3.77. The molecule has 8 nitrogen and oxygen atoms in total. The predicted molar refractivity (Wildman–Crippen MR) is 110 cm³/mol. The molecule has 0 unspecified atom stereocenters. The van der Waals surface area contributed by atoms with Crippen molar-refractivity contribution in [3.05, 3.63) is 55.1 Å². The zero-order valence-electron chi connectivity index (χ0n) is 15.6. The number of hydrazone groups is 1. The van der Waals surface area contributed by atoms with Gasteiger partial charge in [-0.3, -0.25) is 13.9 Å². The number of aryl methyl sites for hydroxylation is 1. The first-order chi connectivity index (χ1) is 12.8. The molecule has 27 heavy (non-hydrogen) atoms. The standard InChI is InChI=1S/C18H21BrN6O2/c1-11(2)10-25-14-15(23(3)18(27)24(4)16(14)26)21-17(25)22-20-9-12-5-7-13(19)8-6-12/h5-9,11H,10H2,1-4H3,(H,21,22)/b20-9-. The number of fused-ring (bicyclic) bond motifs is 1. The molecule has 0 atom stereocenters. The first-order valence-corrected chi connectivity index (χ1v) is 9.29. The minimum Gasteiger partial charge on any atom is -0.303 e. The fourth-order valence-electron chi connectivity index (χ4n) is 2.79. The molecule has 142 valence electrons. The minimum atomic E-state index is -0.411. The van der Waals surface area contributed by atoms with E-state index < -0.39 is 5.69 Å². The number of hydrogen-bond acceptors (Lipinski definition) is 5. The van der Waals surface area contributed by atoms with Gasteiger partial charge in [0.15, 0.2) is 11.2 Å². The third-order valence-corrected chi connectivity index (χ3v) is 4.67. The van der Waals surface area contributed by atoms with Crippen LogP contribution in [0.3, 0.4) is 0 Å². The normalized spacial score (nSPS) is 11.8. The van der Waals surface area contributed by atoms with Gasteiger partial charge in [0.25, 0.3) is 5.56 Å². The Labute approximate surface area is 164 Å². The minimum absolute atomic E-state index is 0.278. The van der Waals surface area contributed by atoms with E-state index in [0.29, 0.717) is 23.7 Å². The van der Waals surface area contributed by atoms with E-state index in [-0.39, 0.29) is 11.5 Å². The Kier molecular flexibility index (Phi) is 5.31. The zero-order chi connectivity index (χ0) is 19.7. The average molecular weight is 433 g/mol. The Hall–Kier alpha value is -2.68. The van der Waals surface area contributed by atoms with Crippen LogP contribution in [-0.4, -0.2) is 24.9 Å². The van der Waals surface area contributed by atoms with E-state index >= 15 is 0 Å². The first-order valence-electron chi connectivity index (χ1n) is 8.50. The molecule has 1 aromatic carbocycles. The molecule has 3 aromatic rings. The van der Waals surface area contributed by atoms with Gasteiger partial charge in [-0.15, -0.1) is 0 Å². The summed E-state index contributed by atoms with van der Waals surface area (Å²) in [5.74, 6) is 0.700. The van der Waals surface area contributed by atoms with E-state index in [1.54, 1.807) is 17.8 Å². The van der Waals surface area contributed by atoms with Gasteiger partial charge in [-0.05, 0) is 23.6 Å². The van der Waals surface area contributed by atoms with Gasteiger partial charge >= 0.3 is 5.69 Å². The van der Waals surface area contributed by atoms with E-state index in [1.165, 1.54) is 11.6 Å². The molecule has 0 radical (unpaired) electrons. The summed E-state index contributed by atoms with van der Waals surface area (Å²) >= 11 is 3.39. The third-order valence-electron chi connectivity index (χ3n) is 4.14. The van der Waals surface area contributed by atoms with E-state index in [0.717, 1.165) is 14.6 Å². The summed E-state index contributed by atoms with van der Waals surface area (Å²) in [6.07, 6.45) is 1.67. The van der Waals surface area contributed by atoms with Gasteiger partial charge in [0.05, 0.1) is 6.21 Å². The maximum Gasteiger partial charge on any atom is 0.332 e. The quantitative estimate of drug-likeness (QED) is 0.494. The zero-order valence-corrected chi connectivity index (χ0v) is 17.2. The Balaban J connectivity index is 2.07. The highest BCUT2D eigenvalue weighted by Gasteiger charge is 2.19. The number of nitrogens with one attached hydrogen (secondary N) is 1. The molecule has 2 aromatic heterocycles. The molecule has 1 N–H and O–H groups in total. The van der Waals surface area contributed by atoms with Gasteiger partial charge in [0.1, 0.15) is 0 Å². The Morgan fingerprint density at radius 1 is 1.19 bits per heavy atom. The van der Waals surface area contributed by atoms with Crippen molar-refractivity contribution in [2.24, 2.45) is 25.1 Å². The van der Waals surface area contributed by atoms with Crippen LogP contribution >= 0.6 is 15.9 Å². The molecule has 3 rings (SSSR count). The van der Waals surface area contributed by atoms with E-state index in [2.05, 4.69) is 31.4 Å². The third kappa shape index (κ3) is 3.73. The van der Waals surface area contributed by atoms with Gasteiger partial charge in [-0.1, -0.05) is 41.9 Å². The van der Waals surface area contributed by atoms with Crippen LogP contribution in [0.5, 0.6) is 0 Å². The Morgan fingerprint density at radius 2 is 1.85 bits per heavy atom. The first kappa shape index (κ1) is 19.1. The molecule has 0 saturated heterocycles. The van der Waals surface area contributed by atoms with Gasteiger partial charge in [-0.25, -0.2) is 10.2 Å². The van der Waals surface area contributed by atoms with Crippen molar-refractivity contribution in [1.82, 2.24) is 18.7 Å². The number of hydrogen-bond donors (Lipinski definition) is 1. The highest BCUT2D eigenvalue weighted by molar-refractivity contribution is 9.10. The lowest BCUT2D eigenvalue weighted by Gasteiger charge is -2.11. The summed E-state index contributed by atoms with van der Waals surface area (Å²) < 4.78 is 5.23. The van der Waals surface area contributed by atoms with Crippen molar-refractivity contribution >= 4 is 39.3 Å². The smallest absolute Gasteiger partial charge is 0.303 e.